The Labute approximate surface area is 98.1 Å². The van der Waals surface area contributed by atoms with Crippen molar-refractivity contribution in [1.29, 1.82) is 0 Å². The first kappa shape index (κ1) is 13.1. The minimum Gasteiger partial charge on any atom is -0.299 e. The molecule has 0 radical (unpaired) electrons. The van der Waals surface area contributed by atoms with Gasteiger partial charge in [-0.15, -0.1) is 0 Å². The van der Waals surface area contributed by atoms with Gasteiger partial charge in [-0.1, -0.05) is 27.7 Å². The minimum absolute atomic E-state index is 0.113. The van der Waals surface area contributed by atoms with E-state index in [-0.39, 0.29) is 11.7 Å². The van der Waals surface area contributed by atoms with Crippen LogP contribution in [0.5, 0.6) is 0 Å². The zero-order valence-electron chi connectivity index (χ0n) is 11.5. The van der Waals surface area contributed by atoms with Gasteiger partial charge in [-0.2, -0.15) is 0 Å². The maximum Gasteiger partial charge on any atom is 0.328 e. The normalized spacial score (nSPS) is 12.1. The van der Waals surface area contributed by atoms with Gasteiger partial charge in [0.25, 0.3) is 0 Å². The lowest BCUT2D eigenvalue weighted by molar-refractivity contribution is 0.534. The van der Waals surface area contributed by atoms with Gasteiger partial charge in [0.2, 0.25) is 0 Å². The number of aromatic nitrogens is 2. The molecule has 0 aliphatic heterocycles. The van der Waals surface area contributed by atoms with Crippen LogP contribution in [0.15, 0.2) is 4.79 Å². The third-order valence-electron chi connectivity index (χ3n) is 2.99. The van der Waals surface area contributed by atoms with E-state index in [4.69, 9.17) is 0 Å². The first-order valence-corrected chi connectivity index (χ1v) is 6.10. The van der Waals surface area contributed by atoms with Crippen molar-refractivity contribution in [1.82, 2.24) is 9.13 Å². The topological polar surface area (TPSA) is 26.9 Å². The average molecular weight is 224 g/mol. The van der Waals surface area contributed by atoms with E-state index < -0.39 is 0 Å². The molecule has 0 spiro atoms. The van der Waals surface area contributed by atoms with E-state index in [0.29, 0.717) is 11.8 Å². The zero-order valence-corrected chi connectivity index (χ0v) is 11.5. The highest BCUT2D eigenvalue weighted by Gasteiger charge is 2.23. The van der Waals surface area contributed by atoms with Crippen LogP contribution in [0.1, 0.15) is 70.8 Å². The molecule has 0 fully saturated rings. The molecule has 0 amide bonds. The Morgan fingerprint density at radius 2 is 1.31 bits per heavy atom. The summed E-state index contributed by atoms with van der Waals surface area (Å²) in [6.07, 6.45) is 0. The Bertz CT molecular complexity index is 422. The predicted octanol–water partition coefficient (Wildman–Crippen LogP) is 3.01. The van der Waals surface area contributed by atoms with Crippen molar-refractivity contribution in [3.63, 3.8) is 0 Å². The maximum atomic E-state index is 12.2. The quantitative estimate of drug-likeness (QED) is 0.775. The number of nitrogens with zero attached hydrogens (tertiary/aromatic N) is 2. The number of rotatable bonds is 3. The molecule has 0 N–H and O–H groups in total. The summed E-state index contributed by atoms with van der Waals surface area (Å²) in [5.74, 6) is 0.767. The summed E-state index contributed by atoms with van der Waals surface area (Å²) >= 11 is 0. The van der Waals surface area contributed by atoms with Gasteiger partial charge in [0.05, 0.1) is 0 Å². The van der Waals surface area contributed by atoms with Crippen molar-refractivity contribution in [3.8, 4) is 0 Å². The Morgan fingerprint density at radius 1 is 0.875 bits per heavy atom. The van der Waals surface area contributed by atoms with Crippen LogP contribution in [0.2, 0.25) is 0 Å². The third-order valence-corrected chi connectivity index (χ3v) is 2.99. The molecule has 1 aromatic heterocycles. The van der Waals surface area contributed by atoms with Crippen LogP contribution in [0.3, 0.4) is 0 Å². The highest BCUT2D eigenvalue weighted by molar-refractivity contribution is 5.22. The SMILES string of the molecule is CC(C)c1c(C(C)C)n(C(C)C)c(=O)n1C. The smallest absolute Gasteiger partial charge is 0.299 e. The van der Waals surface area contributed by atoms with Gasteiger partial charge in [-0.3, -0.25) is 9.13 Å². The van der Waals surface area contributed by atoms with Crippen LogP contribution in [0.25, 0.3) is 0 Å². The lowest BCUT2D eigenvalue weighted by atomic mass is 10.0. The van der Waals surface area contributed by atoms with Gasteiger partial charge in [0.1, 0.15) is 0 Å². The molecule has 0 saturated carbocycles. The monoisotopic (exact) mass is 224 g/mol. The molecule has 16 heavy (non-hydrogen) atoms. The van der Waals surface area contributed by atoms with Gasteiger partial charge < -0.3 is 0 Å². The van der Waals surface area contributed by atoms with Crippen LogP contribution in [0.4, 0.5) is 0 Å². The van der Waals surface area contributed by atoms with Crippen molar-refractivity contribution in [3.05, 3.63) is 21.9 Å². The van der Waals surface area contributed by atoms with Gasteiger partial charge >= 0.3 is 5.69 Å². The molecule has 1 aromatic rings. The fourth-order valence-corrected chi connectivity index (χ4v) is 2.42. The molecule has 0 bridgehead atoms. The summed E-state index contributed by atoms with van der Waals surface area (Å²) in [4.78, 5) is 12.2. The largest absolute Gasteiger partial charge is 0.328 e. The predicted molar refractivity (Wildman–Crippen MR) is 68.2 cm³/mol. The Balaban J connectivity index is 3.63. The molecule has 1 rings (SSSR count). The van der Waals surface area contributed by atoms with E-state index in [2.05, 4.69) is 41.5 Å². The lowest BCUT2D eigenvalue weighted by Crippen LogP contribution is -2.25. The second-order valence-corrected chi connectivity index (χ2v) is 5.39. The summed E-state index contributed by atoms with van der Waals surface area (Å²) in [6.45, 7) is 12.7. The second kappa shape index (κ2) is 4.48. The summed E-state index contributed by atoms with van der Waals surface area (Å²) in [6, 6.07) is 0.226. The second-order valence-electron chi connectivity index (χ2n) is 5.39. The van der Waals surface area contributed by atoms with Gasteiger partial charge in [0, 0.05) is 24.5 Å². The van der Waals surface area contributed by atoms with Gasteiger partial charge in [-0.05, 0) is 25.7 Å². The summed E-state index contributed by atoms with van der Waals surface area (Å²) in [5, 5.41) is 0. The highest BCUT2D eigenvalue weighted by Crippen LogP contribution is 2.26. The fraction of sp³-hybridized carbons (Fsp3) is 0.769. The van der Waals surface area contributed by atoms with Crippen molar-refractivity contribution in [2.45, 2.75) is 59.4 Å². The van der Waals surface area contributed by atoms with E-state index in [1.807, 2.05) is 11.6 Å². The third kappa shape index (κ3) is 1.95. The fourth-order valence-electron chi connectivity index (χ4n) is 2.42. The summed E-state index contributed by atoms with van der Waals surface area (Å²) < 4.78 is 3.74. The average Bonchev–Trinajstić information content (AvgIpc) is 2.39. The molecular weight excluding hydrogens is 200 g/mol. The van der Waals surface area contributed by atoms with Crippen LogP contribution < -0.4 is 5.69 Å². The van der Waals surface area contributed by atoms with Crippen molar-refractivity contribution in [2.24, 2.45) is 7.05 Å². The first-order chi connectivity index (χ1) is 7.29. The van der Waals surface area contributed by atoms with E-state index in [0.717, 1.165) is 0 Å². The van der Waals surface area contributed by atoms with Gasteiger partial charge in [0.15, 0.2) is 0 Å². The van der Waals surface area contributed by atoms with Crippen LogP contribution >= 0.6 is 0 Å². The van der Waals surface area contributed by atoms with E-state index >= 15 is 0 Å². The van der Waals surface area contributed by atoms with Crippen molar-refractivity contribution < 1.29 is 0 Å². The Hall–Kier alpha value is -0.990. The zero-order chi connectivity index (χ0) is 12.6. The maximum absolute atomic E-state index is 12.2. The molecule has 0 aromatic carbocycles. The Kier molecular flexibility index (Phi) is 3.66. The summed E-state index contributed by atoms with van der Waals surface area (Å²) in [5.41, 5.74) is 2.48. The van der Waals surface area contributed by atoms with E-state index in [1.165, 1.54) is 11.4 Å². The molecule has 92 valence electrons. The molecular formula is C13H24N2O. The molecule has 0 atom stereocenters. The van der Waals surface area contributed by atoms with Crippen molar-refractivity contribution >= 4 is 0 Å². The lowest BCUT2D eigenvalue weighted by Gasteiger charge is -2.17. The minimum atomic E-state index is 0.113. The molecule has 0 unspecified atom stereocenters. The van der Waals surface area contributed by atoms with E-state index in [9.17, 15) is 4.79 Å². The summed E-state index contributed by atoms with van der Waals surface area (Å²) in [7, 11) is 1.88. The van der Waals surface area contributed by atoms with Crippen LogP contribution in [0, 0.1) is 0 Å². The van der Waals surface area contributed by atoms with Gasteiger partial charge in [-0.25, -0.2) is 4.79 Å². The van der Waals surface area contributed by atoms with Crippen LogP contribution in [-0.2, 0) is 7.05 Å². The molecule has 0 aliphatic rings. The molecule has 0 saturated heterocycles. The number of imidazole rings is 1. The standard InChI is InChI=1S/C13H24N2O/c1-8(2)11-12(9(3)4)15(10(5)6)13(16)14(11)7/h8-10H,1-7H3. The first-order valence-electron chi connectivity index (χ1n) is 6.10. The molecule has 0 aliphatic carbocycles. The number of hydrogen-bond donors (Lipinski definition) is 0. The number of hydrogen-bond acceptors (Lipinski definition) is 1. The highest BCUT2D eigenvalue weighted by atomic mass is 16.1. The molecule has 1 heterocycles. The van der Waals surface area contributed by atoms with Crippen molar-refractivity contribution in [2.75, 3.05) is 0 Å². The van der Waals surface area contributed by atoms with Crippen LogP contribution in [-0.4, -0.2) is 9.13 Å². The molecule has 3 heteroatoms. The Morgan fingerprint density at radius 3 is 1.62 bits per heavy atom. The van der Waals surface area contributed by atoms with E-state index in [1.54, 1.807) is 4.57 Å². The molecule has 3 nitrogen and oxygen atoms in total.